The van der Waals surface area contributed by atoms with Crippen molar-refractivity contribution in [1.82, 2.24) is 19.4 Å². The fraction of sp³-hybridized carbons (Fsp3) is 0.444. The maximum Gasteiger partial charge on any atom is 0.271 e. The van der Waals surface area contributed by atoms with E-state index in [-0.39, 0.29) is 41.4 Å². The lowest BCUT2D eigenvalue weighted by Crippen LogP contribution is -2.38. The number of benzene rings is 1. The van der Waals surface area contributed by atoms with Crippen LogP contribution in [0.4, 0.5) is 0 Å². The summed E-state index contributed by atoms with van der Waals surface area (Å²) in [5.74, 6) is 0.395. The fourth-order valence-corrected chi connectivity index (χ4v) is 4.59. The molecule has 0 fully saturated rings. The summed E-state index contributed by atoms with van der Waals surface area (Å²) in [7, 11) is -0.927. The smallest absolute Gasteiger partial charge is 0.271 e. The Morgan fingerprint density at radius 3 is 2.57 bits per heavy atom. The van der Waals surface area contributed by atoms with Gasteiger partial charge in [-0.15, -0.1) is 0 Å². The average molecular weight is 408 g/mol. The number of carbonyl (C=O) groups excluding carboxylic acids is 1. The first-order valence-electron chi connectivity index (χ1n) is 8.86. The summed E-state index contributed by atoms with van der Waals surface area (Å²) < 4.78 is 39.8. The van der Waals surface area contributed by atoms with Gasteiger partial charge in [0.1, 0.15) is 16.4 Å². The van der Waals surface area contributed by atoms with Crippen LogP contribution >= 0.6 is 0 Å². The molecule has 1 amide bonds. The normalized spacial score (nSPS) is 14.6. The highest BCUT2D eigenvalue weighted by molar-refractivity contribution is 7.89. The van der Waals surface area contributed by atoms with Gasteiger partial charge in [-0.2, -0.15) is 9.40 Å². The Hall–Kier alpha value is -2.59. The zero-order valence-corrected chi connectivity index (χ0v) is 17.1. The number of nitrogens with one attached hydrogen (secondary N) is 1. The van der Waals surface area contributed by atoms with Crippen LogP contribution in [0.2, 0.25) is 0 Å². The Morgan fingerprint density at radius 1 is 1.18 bits per heavy atom. The second-order valence-electron chi connectivity index (χ2n) is 6.73. The Kier molecular flexibility index (Phi) is 5.61. The maximum absolute atomic E-state index is 13.2. The zero-order valence-electron chi connectivity index (χ0n) is 16.3. The molecule has 0 aliphatic carbocycles. The molecule has 28 heavy (non-hydrogen) atoms. The first-order valence-corrected chi connectivity index (χ1v) is 10.3. The van der Waals surface area contributed by atoms with E-state index in [4.69, 9.17) is 9.47 Å². The van der Waals surface area contributed by atoms with Gasteiger partial charge in [0, 0.05) is 18.7 Å². The summed E-state index contributed by atoms with van der Waals surface area (Å²) in [5.41, 5.74) is 0.938. The van der Waals surface area contributed by atoms with Gasteiger partial charge in [-0.25, -0.2) is 8.42 Å². The maximum atomic E-state index is 13.2. The van der Waals surface area contributed by atoms with E-state index < -0.39 is 10.0 Å². The van der Waals surface area contributed by atoms with Crippen LogP contribution in [0.3, 0.4) is 0 Å². The van der Waals surface area contributed by atoms with Gasteiger partial charge >= 0.3 is 0 Å². The molecule has 152 valence electrons. The van der Waals surface area contributed by atoms with Gasteiger partial charge in [0.2, 0.25) is 10.0 Å². The number of rotatable bonds is 6. The SMILES string of the molecule is COc1ccc(OC)c(S(=O)(=O)N2CCn3nc(C(=O)NC(C)C)cc3C2)c1. The largest absolute Gasteiger partial charge is 0.497 e. The molecule has 0 spiro atoms. The second-order valence-corrected chi connectivity index (χ2v) is 8.63. The summed E-state index contributed by atoms with van der Waals surface area (Å²) in [6, 6.07) is 6.27. The molecule has 1 N–H and O–H groups in total. The first-order chi connectivity index (χ1) is 13.3. The van der Waals surface area contributed by atoms with Gasteiger partial charge in [0.15, 0.2) is 5.69 Å². The highest BCUT2D eigenvalue weighted by Crippen LogP contribution is 2.32. The number of hydrogen-bond donors (Lipinski definition) is 1. The highest BCUT2D eigenvalue weighted by atomic mass is 32.2. The topological polar surface area (TPSA) is 103 Å². The van der Waals surface area contributed by atoms with E-state index in [1.54, 1.807) is 22.9 Å². The van der Waals surface area contributed by atoms with E-state index in [0.717, 1.165) is 0 Å². The molecule has 1 aliphatic rings. The van der Waals surface area contributed by atoms with Crippen molar-refractivity contribution in [2.24, 2.45) is 0 Å². The first kappa shape index (κ1) is 20.2. The minimum Gasteiger partial charge on any atom is -0.497 e. The molecule has 0 radical (unpaired) electrons. The predicted molar refractivity (Wildman–Crippen MR) is 102 cm³/mol. The van der Waals surface area contributed by atoms with Crippen molar-refractivity contribution in [3.05, 3.63) is 35.7 Å². The van der Waals surface area contributed by atoms with Crippen molar-refractivity contribution in [2.45, 2.75) is 37.9 Å². The van der Waals surface area contributed by atoms with Crippen molar-refractivity contribution in [2.75, 3.05) is 20.8 Å². The van der Waals surface area contributed by atoms with E-state index in [9.17, 15) is 13.2 Å². The Labute approximate surface area is 164 Å². The Balaban J connectivity index is 1.89. The lowest BCUT2D eigenvalue weighted by atomic mass is 10.3. The number of fused-ring (bicyclic) bond motifs is 1. The molecule has 1 aromatic carbocycles. The molecule has 2 aromatic rings. The molecule has 1 aromatic heterocycles. The summed E-state index contributed by atoms with van der Waals surface area (Å²) in [5, 5.41) is 7.08. The summed E-state index contributed by atoms with van der Waals surface area (Å²) in [6.45, 7) is 4.44. The third-order valence-corrected chi connectivity index (χ3v) is 6.27. The Morgan fingerprint density at radius 2 is 1.93 bits per heavy atom. The molecular weight excluding hydrogens is 384 g/mol. The number of hydrogen-bond acceptors (Lipinski definition) is 6. The lowest BCUT2D eigenvalue weighted by Gasteiger charge is -2.27. The predicted octanol–water partition coefficient (Wildman–Crippen LogP) is 1.24. The molecule has 0 bridgehead atoms. The van der Waals surface area contributed by atoms with Crippen LogP contribution < -0.4 is 14.8 Å². The van der Waals surface area contributed by atoms with Crippen molar-refractivity contribution in [1.29, 1.82) is 0 Å². The number of carbonyl (C=O) groups is 1. The van der Waals surface area contributed by atoms with E-state index >= 15 is 0 Å². The second kappa shape index (κ2) is 7.80. The fourth-order valence-electron chi connectivity index (χ4n) is 3.02. The van der Waals surface area contributed by atoms with Gasteiger partial charge in [0.05, 0.1) is 33.0 Å². The third-order valence-electron chi connectivity index (χ3n) is 4.40. The van der Waals surface area contributed by atoms with E-state index in [0.29, 0.717) is 18.0 Å². The van der Waals surface area contributed by atoms with Crippen LogP contribution in [0.15, 0.2) is 29.2 Å². The molecule has 0 saturated heterocycles. The van der Waals surface area contributed by atoms with Crippen molar-refractivity contribution in [3.63, 3.8) is 0 Å². The van der Waals surface area contributed by atoms with E-state index in [2.05, 4.69) is 10.4 Å². The van der Waals surface area contributed by atoms with Crippen LogP contribution in [0, 0.1) is 0 Å². The number of ether oxygens (including phenoxy) is 2. The van der Waals surface area contributed by atoms with Crippen LogP contribution in [-0.4, -0.2) is 55.2 Å². The Bertz CT molecular complexity index is 984. The molecule has 9 nitrogen and oxygen atoms in total. The molecule has 0 saturated carbocycles. The molecule has 2 heterocycles. The van der Waals surface area contributed by atoms with E-state index in [1.807, 2.05) is 13.8 Å². The van der Waals surface area contributed by atoms with Crippen molar-refractivity contribution >= 4 is 15.9 Å². The standard InChI is InChI=1S/C18H24N4O5S/c1-12(2)19-18(23)15-9-13-11-21(7-8-22(13)20-15)28(24,25)17-10-14(26-3)5-6-16(17)27-4/h5-6,9-10,12H,7-8,11H2,1-4H3,(H,19,23). The molecule has 0 atom stereocenters. The zero-order chi connectivity index (χ0) is 20.5. The summed E-state index contributed by atoms with van der Waals surface area (Å²) >= 11 is 0. The van der Waals surface area contributed by atoms with Gasteiger partial charge in [0.25, 0.3) is 5.91 Å². The minimum absolute atomic E-state index is 0.0105. The average Bonchev–Trinajstić information content (AvgIpc) is 3.10. The van der Waals surface area contributed by atoms with Gasteiger partial charge in [-0.3, -0.25) is 9.48 Å². The number of nitrogens with zero attached hydrogens (tertiary/aromatic N) is 3. The van der Waals surface area contributed by atoms with Gasteiger partial charge in [-0.1, -0.05) is 0 Å². The van der Waals surface area contributed by atoms with Crippen LogP contribution in [0.25, 0.3) is 0 Å². The molecular formula is C18H24N4O5S. The number of methoxy groups -OCH3 is 2. The van der Waals surface area contributed by atoms with Crippen LogP contribution in [-0.2, 0) is 23.1 Å². The van der Waals surface area contributed by atoms with Crippen LogP contribution in [0.1, 0.15) is 30.0 Å². The van der Waals surface area contributed by atoms with Crippen LogP contribution in [0.5, 0.6) is 11.5 Å². The lowest BCUT2D eigenvalue weighted by molar-refractivity contribution is 0.0937. The summed E-state index contributed by atoms with van der Waals surface area (Å²) in [6.07, 6.45) is 0. The number of sulfonamides is 1. The summed E-state index contributed by atoms with van der Waals surface area (Å²) in [4.78, 5) is 12.2. The monoisotopic (exact) mass is 408 g/mol. The minimum atomic E-state index is -3.82. The highest BCUT2D eigenvalue weighted by Gasteiger charge is 2.32. The van der Waals surface area contributed by atoms with Crippen molar-refractivity contribution in [3.8, 4) is 11.5 Å². The number of aromatic nitrogens is 2. The van der Waals surface area contributed by atoms with E-state index in [1.165, 1.54) is 24.6 Å². The van der Waals surface area contributed by atoms with Gasteiger partial charge in [-0.05, 0) is 32.0 Å². The van der Waals surface area contributed by atoms with Crippen molar-refractivity contribution < 1.29 is 22.7 Å². The quantitative estimate of drug-likeness (QED) is 0.772. The third kappa shape index (κ3) is 3.83. The molecule has 10 heteroatoms. The molecule has 3 rings (SSSR count). The number of amides is 1. The molecule has 1 aliphatic heterocycles. The molecule has 0 unspecified atom stereocenters. The van der Waals surface area contributed by atoms with Gasteiger partial charge < -0.3 is 14.8 Å².